The quantitative estimate of drug-likeness (QED) is 0.0563. The van der Waals surface area contributed by atoms with Crippen molar-refractivity contribution in [3.63, 3.8) is 0 Å². The minimum Gasteiger partial charge on any atom is -0.394 e. The van der Waals surface area contributed by atoms with Gasteiger partial charge in [-0.1, -0.05) is 84.2 Å². The first-order chi connectivity index (χ1) is 66.3. The van der Waals surface area contributed by atoms with E-state index in [1.807, 2.05) is 82.8 Å². The molecule has 0 bridgehead atoms. The Morgan fingerprint density at radius 2 is 0.591 bits per heavy atom. The molecule has 3 saturated carbocycles. The second-order valence-electron chi connectivity index (χ2n) is 39.3. The van der Waals surface area contributed by atoms with E-state index in [1.165, 1.54) is 57.8 Å². The molecule has 3 spiro atoms. The summed E-state index contributed by atoms with van der Waals surface area (Å²) in [5, 5.41) is 15.5. The fourth-order valence-corrected chi connectivity index (χ4v) is 23.1. The number of pyridine rings is 5. The summed E-state index contributed by atoms with van der Waals surface area (Å²) < 4.78 is 0. The maximum atomic E-state index is 9.41. The van der Waals surface area contributed by atoms with E-state index in [0.717, 1.165) is 301 Å². The van der Waals surface area contributed by atoms with Gasteiger partial charge in [-0.3, -0.25) is 44.9 Å². The van der Waals surface area contributed by atoms with Crippen LogP contribution in [0.4, 0.5) is 34.9 Å². The number of hydrogen-bond acceptors (Lipinski definition) is 32. The molecule has 3 atom stereocenters. The van der Waals surface area contributed by atoms with Crippen molar-refractivity contribution in [1.82, 2.24) is 74.8 Å². The van der Waals surface area contributed by atoms with Crippen LogP contribution in [0.25, 0.3) is 0 Å². The van der Waals surface area contributed by atoms with Crippen LogP contribution in [0.5, 0.6) is 0 Å². The van der Waals surface area contributed by atoms with Gasteiger partial charge in [-0.15, -0.1) is 0 Å². The highest BCUT2D eigenvalue weighted by molar-refractivity contribution is 6.39. The molecule has 10 aromatic rings. The molecule has 0 unspecified atom stereocenters. The Morgan fingerprint density at radius 1 is 0.350 bits per heavy atom. The number of halogens is 5. The summed E-state index contributed by atoms with van der Waals surface area (Å²) in [7, 11) is 1.80. The molecule has 0 amide bonds. The maximum absolute atomic E-state index is 9.41. The Bertz CT molecular complexity index is 6070. The van der Waals surface area contributed by atoms with Crippen molar-refractivity contribution >= 4 is 121 Å². The van der Waals surface area contributed by atoms with Gasteiger partial charge in [0.15, 0.2) is 0 Å². The summed E-state index contributed by atoms with van der Waals surface area (Å²) in [6.07, 6.45) is 39.7. The van der Waals surface area contributed by atoms with Crippen molar-refractivity contribution in [3.8, 4) is 0 Å². The summed E-state index contributed by atoms with van der Waals surface area (Å²) in [6, 6.07) is 10.5. The Kier molecular flexibility index (Phi) is 27.9. The predicted octanol–water partition coefficient (Wildman–Crippen LogP) is 13.8. The third kappa shape index (κ3) is 19.1. The number of nitrogens with two attached hydrogens (primary N) is 5. The molecule has 20 heterocycles. The number of nitrogens with zero attached hydrogens (tertiary/aromatic N) is 25. The van der Waals surface area contributed by atoms with E-state index < -0.39 is 5.54 Å². The highest BCUT2D eigenvalue weighted by Gasteiger charge is 2.47. The minimum atomic E-state index is -0.479. The molecule has 0 radical (unpaired) electrons. The van der Waals surface area contributed by atoms with Gasteiger partial charge in [-0.05, 0) is 189 Å². The molecule has 3 aliphatic carbocycles. The van der Waals surface area contributed by atoms with E-state index in [9.17, 15) is 5.11 Å². The molecule has 32 nitrogen and oxygen atoms in total. The fourth-order valence-electron chi connectivity index (χ4n) is 22.0. The molecule has 10 aliphatic heterocycles. The first kappa shape index (κ1) is 95.4. The number of hydrogen-bond donors (Lipinski definition) is 7. The van der Waals surface area contributed by atoms with E-state index in [-0.39, 0.29) is 12.0 Å². The maximum Gasteiger partial charge on any atom is 0.147 e. The van der Waals surface area contributed by atoms with Gasteiger partial charge in [0.2, 0.25) is 0 Å². The van der Waals surface area contributed by atoms with Gasteiger partial charge in [-0.25, -0.2) is 54.8 Å². The number of nitrogens with one attached hydrogen (secondary N) is 1. The van der Waals surface area contributed by atoms with Crippen LogP contribution in [0.3, 0.4) is 0 Å². The van der Waals surface area contributed by atoms with Gasteiger partial charge < -0.3 is 63.6 Å². The van der Waals surface area contributed by atoms with Crippen LogP contribution in [-0.2, 0) is 32.7 Å². The molecule has 0 aromatic carbocycles. The summed E-state index contributed by atoms with van der Waals surface area (Å²) in [6.45, 7) is 22.7. The molecule has 5 saturated heterocycles. The Hall–Kier alpha value is -10.5. The smallest absolute Gasteiger partial charge is 0.147 e. The highest BCUT2D eigenvalue weighted by Crippen LogP contribution is 2.50. The second-order valence-corrected chi connectivity index (χ2v) is 41.2. The molecule has 10 aromatic heterocycles. The lowest BCUT2D eigenvalue weighted by Gasteiger charge is -2.42. The standard InChI is InChI=1S/C21H26ClN7.2C21H25ClN6.C19H23ClN6.C18H21ClN6O/c1-24-20-17(22)13(4-8-25-20)18-19-14(11-26-18)28-16(12-27-19)29-9-6-21(7-10-29)5-2-3-15(21)23;2*1-13-18(22)14(4-8-24-13)19-20-15(11-25-19)27-17(12-26-20)28-9-6-21(7-10-28)5-2-3-16(21)23;1-12-16(20)13(3-6-22-12)17-18-14(9-23-17)25-15(10-24-18)26-7-4-19(2,11-21)5-8-26;1-11-15(19)12(2-5-21-11)16-17-13(8-22-16)24-14(9-23-17)25-6-3-18(20,10-26)4-7-25/h4,8,12,15H,2-3,5-7,9-11,23H2,1H3,(H,24,25);2*4,8,12,16H,2-3,5-7,9-11,23H2,1H3;3,6,10H,4-5,7-9,11,21H2,1-2H3;2,5,9,26H,3-4,6-8,10,20H2,1H3/t15-;2*16-;;/m111../s1. The van der Waals surface area contributed by atoms with Crippen LogP contribution in [0.15, 0.2) is 117 Å². The van der Waals surface area contributed by atoms with Gasteiger partial charge in [0.1, 0.15) is 63.4 Å². The zero-order valence-corrected chi connectivity index (χ0v) is 82.5. The third-order valence-corrected chi connectivity index (χ3v) is 33.5. The summed E-state index contributed by atoms with van der Waals surface area (Å²) >= 11 is 32.2. The van der Waals surface area contributed by atoms with E-state index >= 15 is 0 Å². The normalized spacial score (nSPS) is 21.3. The van der Waals surface area contributed by atoms with Crippen molar-refractivity contribution in [2.24, 2.45) is 75.3 Å². The van der Waals surface area contributed by atoms with Gasteiger partial charge in [0.25, 0.3) is 0 Å². The fraction of sp³-hybridized carbons (Fsp3) is 0.500. The van der Waals surface area contributed by atoms with E-state index in [4.69, 9.17) is 127 Å². The van der Waals surface area contributed by atoms with Crippen LogP contribution in [0, 0.1) is 49.4 Å². The molecule has 137 heavy (non-hydrogen) atoms. The van der Waals surface area contributed by atoms with E-state index in [2.05, 4.69) is 96.6 Å². The van der Waals surface area contributed by atoms with E-state index in [1.54, 1.807) is 44.2 Å². The third-order valence-electron chi connectivity index (χ3n) is 31.2. The van der Waals surface area contributed by atoms with Crippen molar-refractivity contribution in [2.45, 2.75) is 213 Å². The molecule has 8 fully saturated rings. The highest BCUT2D eigenvalue weighted by atomic mass is 35.5. The minimum absolute atomic E-state index is 0.0139. The molecule has 23 rings (SSSR count). The summed E-state index contributed by atoms with van der Waals surface area (Å²) in [5.41, 5.74) is 52.2. The predicted molar refractivity (Wildman–Crippen MR) is 543 cm³/mol. The van der Waals surface area contributed by atoms with Crippen LogP contribution in [0.1, 0.15) is 236 Å². The monoisotopic (exact) mass is 1950 g/mol. The number of piperidine rings is 5. The number of aliphatic imine (C=N–C) groups is 5. The van der Waals surface area contributed by atoms with Crippen LogP contribution >= 0.6 is 58.0 Å². The summed E-state index contributed by atoms with van der Waals surface area (Å²) in [5.74, 6) is 5.24. The average molecular weight is 1950 g/mol. The number of anilines is 6. The van der Waals surface area contributed by atoms with Gasteiger partial charge in [-0.2, -0.15) is 0 Å². The molecule has 37 heteroatoms. The molecular weight excluding hydrogens is 1830 g/mol. The van der Waals surface area contributed by atoms with Crippen molar-refractivity contribution in [1.29, 1.82) is 0 Å². The lowest BCUT2D eigenvalue weighted by molar-refractivity contribution is 0.170. The largest absolute Gasteiger partial charge is 0.394 e. The van der Waals surface area contributed by atoms with Crippen molar-refractivity contribution in [2.75, 3.05) is 115 Å². The van der Waals surface area contributed by atoms with Crippen LogP contribution < -0.4 is 58.5 Å². The molecule has 13 aliphatic rings. The lowest BCUT2D eigenvalue weighted by Crippen LogP contribution is -2.53. The number of aliphatic hydroxyl groups excluding tert-OH is 1. The van der Waals surface area contributed by atoms with Crippen molar-refractivity contribution in [3.05, 3.63) is 225 Å². The van der Waals surface area contributed by atoms with Gasteiger partial charge in [0.05, 0.1) is 175 Å². The van der Waals surface area contributed by atoms with Crippen LogP contribution in [0.2, 0.25) is 25.1 Å². The zero-order chi connectivity index (χ0) is 95.2. The molecule has 12 N–H and O–H groups in total. The average Bonchev–Trinajstić information content (AvgIpc) is 1.66. The number of rotatable bonds is 13. The Morgan fingerprint density at radius 3 is 0.825 bits per heavy atom. The first-order valence-corrected chi connectivity index (χ1v) is 50.1. The number of aliphatic hydroxyl groups is 1. The van der Waals surface area contributed by atoms with Crippen molar-refractivity contribution < 1.29 is 5.11 Å². The summed E-state index contributed by atoms with van der Waals surface area (Å²) in [4.78, 5) is 104. The Labute approximate surface area is 824 Å². The topological polar surface area (TPSA) is 434 Å². The molecule has 716 valence electrons. The van der Waals surface area contributed by atoms with Crippen LogP contribution in [-0.4, -0.2) is 218 Å². The second kappa shape index (κ2) is 40.0. The Balaban J connectivity index is 0.000000110. The lowest BCUT2D eigenvalue weighted by atomic mass is 9.74. The van der Waals surface area contributed by atoms with Gasteiger partial charge >= 0.3 is 0 Å². The number of aromatic nitrogens is 15. The van der Waals surface area contributed by atoms with E-state index in [0.29, 0.717) is 98.0 Å². The number of fused-ring (bicyclic) bond motifs is 5. The van der Waals surface area contributed by atoms with Gasteiger partial charge in [0, 0.05) is 155 Å². The number of aryl methyl sites for hydroxylation is 4. The zero-order valence-electron chi connectivity index (χ0n) is 78.8. The molecular formula is C100H120Cl5N31O. The SMILES string of the molecule is CNc1nccc(C2=NCc3nc(N4CCC5(CCC[C@H]5N)CC4)cnc32)c1Cl.Cc1nccc(C2=NCc3nc(N4CCC(C)(CN)CC4)cnc32)c1Cl.Cc1nccc(C2=NCc3nc(N4CCC(N)(CO)CC4)cnc32)c1Cl.Cc1nccc(C2=NCc3nc(N4CCC5(CCC[C@H]5N)CC4)cnc32)c1Cl.Cc1nccc(C2=NCc3nc(N4CCC5(CCC[C@H]5N)CC4)cnc32)c1Cl. The first-order valence-electron chi connectivity index (χ1n) is 48.2.